The fourth-order valence-corrected chi connectivity index (χ4v) is 2.60. The van der Waals surface area contributed by atoms with Gasteiger partial charge < -0.3 is 9.84 Å². The van der Waals surface area contributed by atoms with Crippen LogP contribution in [0.3, 0.4) is 0 Å². The van der Waals surface area contributed by atoms with Gasteiger partial charge >= 0.3 is 0 Å². The topological polar surface area (TPSA) is 55.1 Å². The van der Waals surface area contributed by atoms with Gasteiger partial charge in [0, 0.05) is 11.3 Å². The highest BCUT2D eigenvalue weighted by Crippen LogP contribution is 2.28. The summed E-state index contributed by atoms with van der Waals surface area (Å²) in [6.07, 6.45) is 0.653. The van der Waals surface area contributed by atoms with E-state index < -0.39 is 0 Å². The van der Waals surface area contributed by atoms with Crippen LogP contribution in [-0.2, 0) is 6.42 Å². The van der Waals surface area contributed by atoms with Crippen molar-refractivity contribution in [2.24, 2.45) is 0 Å². The van der Waals surface area contributed by atoms with Gasteiger partial charge in [-0.1, -0.05) is 60.6 Å². The van der Waals surface area contributed by atoms with E-state index in [1.807, 2.05) is 61.5 Å². The number of carbonyl (C=O) groups excluding carboxylic acids is 1. The Morgan fingerprint density at radius 2 is 1.78 bits per heavy atom. The summed E-state index contributed by atoms with van der Waals surface area (Å²) in [5, 5.41) is 6.93. The lowest BCUT2D eigenvalue weighted by molar-refractivity contribution is 0.102. The van der Waals surface area contributed by atoms with E-state index in [0.717, 1.165) is 16.8 Å². The second-order valence-electron chi connectivity index (χ2n) is 5.28. The predicted molar refractivity (Wildman–Crippen MR) is 90.4 cm³/mol. The fourth-order valence-electron chi connectivity index (χ4n) is 2.60. The lowest BCUT2D eigenvalue weighted by Gasteiger charge is -2.11. The summed E-state index contributed by atoms with van der Waals surface area (Å²) in [6, 6.07) is 17.7. The Morgan fingerprint density at radius 1 is 1.09 bits per heavy atom. The SMILES string of the molecule is CCc1noc(C)c1C(=O)Nc1ccccc1-c1ccccc1. The van der Waals surface area contributed by atoms with E-state index >= 15 is 0 Å². The summed E-state index contributed by atoms with van der Waals surface area (Å²) < 4.78 is 5.15. The first kappa shape index (κ1) is 15.0. The van der Waals surface area contributed by atoms with Crippen molar-refractivity contribution >= 4 is 11.6 Å². The Morgan fingerprint density at radius 3 is 2.52 bits per heavy atom. The third-order valence-electron chi connectivity index (χ3n) is 3.76. The van der Waals surface area contributed by atoms with Gasteiger partial charge in [-0.2, -0.15) is 0 Å². The number of aromatic nitrogens is 1. The quantitative estimate of drug-likeness (QED) is 0.774. The van der Waals surface area contributed by atoms with Crippen molar-refractivity contribution in [2.45, 2.75) is 20.3 Å². The van der Waals surface area contributed by atoms with E-state index in [0.29, 0.717) is 23.4 Å². The first-order chi connectivity index (χ1) is 11.2. The van der Waals surface area contributed by atoms with E-state index in [2.05, 4.69) is 10.5 Å². The Labute approximate surface area is 135 Å². The number of carbonyl (C=O) groups is 1. The van der Waals surface area contributed by atoms with Crippen molar-refractivity contribution in [1.29, 1.82) is 0 Å². The normalized spacial score (nSPS) is 10.5. The third-order valence-corrected chi connectivity index (χ3v) is 3.76. The standard InChI is InChI=1S/C19H18N2O2/c1-3-16-18(13(2)23-21-16)19(22)20-17-12-8-7-11-15(17)14-9-5-4-6-10-14/h4-12H,3H2,1-2H3,(H,20,22). The van der Waals surface area contributed by atoms with Gasteiger partial charge in [-0.15, -0.1) is 0 Å². The van der Waals surface area contributed by atoms with Gasteiger partial charge in [0.2, 0.25) is 0 Å². The summed E-state index contributed by atoms with van der Waals surface area (Å²) in [7, 11) is 0. The summed E-state index contributed by atoms with van der Waals surface area (Å²) >= 11 is 0. The minimum atomic E-state index is -0.191. The second-order valence-corrected chi connectivity index (χ2v) is 5.28. The first-order valence-electron chi connectivity index (χ1n) is 7.61. The Hall–Kier alpha value is -2.88. The Kier molecular flexibility index (Phi) is 4.24. The van der Waals surface area contributed by atoms with Crippen LogP contribution in [0.1, 0.15) is 28.7 Å². The molecule has 0 aliphatic rings. The lowest BCUT2D eigenvalue weighted by Crippen LogP contribution is -2.15. The average molecular weight is 306 g/mol. The van der Waals surface area contributed by atoms with Gasteiger partial charge in [0.15, 0.2) is 0 Å². The summed E-state index contributed by atoms with van der Waals surface area (Å²) in [4.78, 5) is 12.6. The molecule has 0 spiro atoms. The maximum Gasteiger partial charge on any atom is 0.261 e. The monoisotopic (exact) mass is 306 g/mol. The van der Waals surface area contributed by atoms with Crippen molar-refractivity contribution < 1.29 is 9.32 Å². The third kappa shape index (κ3) is 3.01. The van der Waals surface area contributed by atoms with E-state index in [1.165, 1.54) is 0 Å². The number of para-hydroxylation sites is 1. The second kappa shape index (κ2) is 6.48. The molecule has 0 fully saturated rings. The van der Waals surface area contributed by atoms with Crippen LogP contribution in [0.15, 0.2) is 59.1 Å². The summed E-state index contributed by atoms with van der Waals surface area (Å²) in [6.45, 7) is 3.70. The molecule has 2 aromatic carbocycles. The molecule has 0 aliphatic carbocycles. The van der Waals surface area contributed by atoms with Gasteiger partial charge in [-0.05, 0) is 25.0 Å². The Balaban J connectivity index is 1.95. The number of rotatable bonds is 4. The number of nitrogens with zero attached hydrogens (tertiary/aromatic N) is 1. The minimum Gasteiger partial charge on any atom is -0.361 e. The molecule has 23 heavy (non-hydrogen) atoms. The number of aryl methyl sites for hydroxylation is 2. The number of hydrogen-bond donors (Lipinski definition) is 1. The van der Waals surface area contributed by atoms with Crippen LogP contribution in [0.4, 0.5) is 5.69 Å². The molecule has 4 heteroatoms. The molecule has 1 aromatic heterocycles. The van der Waals surface area contributed by atoms with Crippen LogP contribution in [0.2, 0.25) is 0 Å². The largest absolute Gasteiger partial charge is 0.361 e. The van der Waals surface area contributed by atoms with Crippen molar-refractivity contribution in [3.63, 3.8) is 0 Å². The van der Waals surface area contributed by atoms with Gasteiger partial charge in [0.1, 0.15) is 11.3 Å². The Bertz CT molecular complexity index is 822. The predicted octanol–water partition coefficient (Wildman–Crippen LogP) is 4.46. The van der Waals surface area contributed by atoms with Crippen molar-refractivity contribution in [2.75, 3.05) is 5.32 Å². The van der Waals surface area contributed by atoms with Crippen molar-refractivity contribution in [1.82, 2.24) is 5.16 Å². The first-order valence-corrected chi connectivity index (χ1v) is 7.61. The molecule has 1 N–H and O–H groups in total. The van der Waals surface area contributed by atoms with Gasteiger partial charge in [0.05, 0.1) is 5.69 Å². The minimum absolute atomic E-state index is 0.191. The molecule has 0 unspecified atom stereocenters. The highest BCUT2D eigenvalue weighted by molar-refractivity contribution is 6.07. The smallest absolute Gasteiger partial charge is 0.261 e. The van der Waals surface area contributed by atoms with E-state index in [4.69, 9.17) is 4.52 Å². The highest BCUT2D eigenvalue weighted by Gasteiger charge is 2.20. The molecule has 0 saturated carbocycles. The van der Waals surface area contributed by atoms with Crippen LogP contribution in [0.25, 0.3) is 11.1 Å². The zero-order valence-corrected chi connectivity index (χ0v) is 13.2. The molecule has 3 rings (SSSR count). The molecule has 0 saturated heterocycles. The van der Waals surface area contributed by atoms with Crippen LogP contribution in [0, 0.1) is 6.92 Å². The van der Waals surface area contributed by atoms with Gasteiger partial charge in [-0.3, -0.25) is 4.79 Å². The summed E-state index contributed by atoms with van der Waals surface area (Å²) in [5.41, 5.74) is 4.01. The summed E-state index contributed by atoms with van der Waals surface area (Å²) in [5.74, 6) is 0.348. The van der Waals surface area contributed by atoms with E-state index in [1.54, 1.807) is 6.92 Å². The molecular weight excluding hydrogens is 288 g/mol. The molecule has 4 nitrogen and oxygen atoms in total. The fraction of sp³-hybridized carbons (Fsp3) is 0.158. The number of amides is 1. The molecule has 1 heterocycles. The molecule has 0 bridgehead atoms. The average Bonchev–Trinajstić information content (AvgIpc) is 2.97. The van der Waals surface area contributed by atoms with Crippen molar-refractivity contribution in [3.8, 4) is 11.1 Å². The number of nitrogens with one attached hydrogen (secondary N) is 1. The molecule has 0 radical (unpaired) electrons. The molecule has 1 amide bonds. The van der Waals surface area contributed by atoms with Gasteiger partial charge in [-0.25, -0.2) is 0 Å². The van der Waals surface area contributed by atoms with Crippen LogP contribution >= 0.6 is 0 Å². The molecule has 116 valence electrons. The number of anilines is 1. The molecule has 0 aliphatic heterocycles. The van der Waals surface area contributed by atoms with Crippen LogP contribution in [0.5, 0.6) is 0 Å². The van der Waals surface area contributed by atoms with Gasteiger partial charge in [0.25, 0.3) is 5.91 Å². The maximum absolute atomic E-state index is 12.6. The van der Waals surface area contributed by atoms with E-state index in [-0.39, 0.29) is 5.91 Å². The van der Waals surface area contributed by atoms with Crippen molar-refractivity contribution in [3.05, 3.63) is 71.6 Å². The zero-order chi connectivity index (χ0) is 16.2. The van der Waals surface area contributed by atoms with Crippen LogP contribution in [-0.4, -0.2) is 11.1 Å². The maximum atomic E-state index is 12.6. The molecule has 0 atom stereocenters. The number of hydrogen-bond acceptors (Lipinski definition) is 3. The molecule has 3 aromatic rings. The number of benzene rings is 2. The van der Waals surface area contributed by atoms with E-state index in [9.17, 15) is 4.79 Å². The molecular formula is C19H18N2O2. The highest BCUT2D eigenvalue weighted by atomic mass is 16.5. The van der Waals surface area contributed by atoms with Crippen LogP contribution < -0.4 is 5.32 Å². The lowest BCUT2D eigenvalue weighted by atomic mass is 10.0. The zero-order valence-electron chi connectivity index (χ0n) is 13.2.